The van der Waals surface area contributed by atoms with Crippen molar-refractivity contribution < 1.29 is 22.8 Å². The number of rotatable bonds is 1. The van der Waals surface area contributed by atoms with Crippen LogP contribution in [0.15, 0.2) is 30.3 Å². The van der Waals surface area contributed by atoms with Gasteiger partial charge in [-0.1, -0.05) is 11.6 Å². The molecular weight excluding hydrogens is 307 g/mol. The topological polar surface area (TPSA) is 37.4 Å². The zero-order valence-corrected chi connectivity index (χ0v) is 12.2. The van der Waals surface area contributed by atoms with Crippen molar-refractivity contribution in [3.63, 3.8) is 0 Å². The Hall–Kier alpha value is -2.63. The molecule has 0 fully saturated rings. The van der Waals surface area contributed by atoms with Crippen LogP contribution in [-0.2, 0) is 0 Å². The lowest BCUT2D eigenvalue weighted by Crippen LogP contribution is -2.38. The Kier molecular flexibility index (Phi) is 3.67. The smallest absolute Gasteiger partial charge is 0.261 e. The first-order chi connectivity index (χ1) is 10.9. The summed E-state index contributed by atoms with van der Waals surface area (Å²) in [6, 6.07) is 6.58. The Morgan fingerprint density at radius 2 is 1.83 bits per heavy atom. The highest BCUT2D eigenvalue weighted by molar-refractivity contribution is 6.13. The van der Waals surface area contributed by atoms with Gasteiger partial charge in [-0.05, 0) is 31.2 Å². The zero-order chi connectivity index (χ0) is 16.7. The van der Waals surface area contributed by atoms with Gasteiger partial charge in [0.1, 0.15) is 0 Å². The lowest BCUT2D eigenvalue weighted by atomic mass is 9.97. The molecule has 6 heteroatoms. The summed E-state index contributed by atoms with van der Waals surface area (Å²) in [6.45, 7) is 1.87. The normalized spacial score (nSPS) is 13.9. The Morgan fingerprint density at radius 3 is 2.57 bits per heavy atom. The molecule has 1 aliphatic rings. The molecule has 3 nitrogen and oxygen atoms in total. The highest BCUT2D eigenvalue weighted by Gasteiger charge is 2.30. The van der Waals surface area contributed by atoms with Crippen molar-refractivity contribution in [2.24, 2.45) is 0 Å². The fourth-order valence-corrected chi connectivity index (χ4v) is 2.62. The van der Waals surface area contributed by atoms with E-state index in [0.29, 0.717) is 17.3 Å². The number of fused-ring (bicyclic) bond motifs is 1. The molecule has 0 radical (unpaired) electrons. The van der Waals surface area contributed by atoms with E-state index in [2.05, 4.69) is 0 Å². The van der Waals surface area contributed by atoms with Crippen LogP contribution in [0.5, 0.6) is 0 Å². The van der Waals surface area contributed by atoms with E-state index in [1.54, 1.807) is 18.2 Å². The van der Waals surface area contributed by atoms with Gasteiger partial charge < -0.3 is 4.90 Å². The molecular formula is C17H12F3NO2. The number of Topliss-reactive ketones (excluding diaryl/α,β-unsaturated/α-hetero) is 1. The maximum Gasteiger partial charge on any atom is 0.261 e. The van der Waals surface area contributed by atoms with Crippen LogP contribution in [0.1, 0.15) is 32.7 Å². The van der Waals surface area contributed by atoms with Crippen LogP contribution in [0.4, 0.5) is 18.9 Å². The minimum atomic E-state index is -1.69. The molecule has 0 saturated carbocycles. The second kappa shape index (κ2) is 5.53. The Bertz CT molecular complexity index is 833. The summed E-state index contributed by atoms with van der Waals surface area (Å²) < 4.78 is 40.2. The molecule has 0 atom stereocenters. The molecule has 118 valence electrons. The SMILES string of the molecule is Cc1ccc2c(c1)C(=O)CCN2C(=O)c1ccc(F)c(F)c1F. The van der Waals surface area contributed by atoms with Crippen molar-refractivity contribution in [1.29, 1.82) is 0 Å². The van der Waals surface area contributed by atoms with E-state index in [-0.39, 0.29) is 18.7 Å². The average Bonchev–Trinajstić information content (AvgIpc) is 2.53. The van der Waals surface area contributed by atoms with Gasteiger partial charge in [0.05, 0.1) is 11.3 Å². The maximum atomic E-state index is 13.9. The molecule has 0 unspecified atom stereocenters. The van der Waals surface area contributed by atoms with Crippen molar-refractivity contribution in [3.05, 3.63) is 64.5 Å². The maximum absolute atomic E-state index is 13.9. The summed E-state index contributed by atoms with van der Waals surface area (Å²) in [5.41, 5.74) is 1.00. The molecule has 0 N–H and O–H groups in total. The number of benzene rings is 2. The van der Waals surface area contributed by atoms with Gasteiger partial charge in [-0.2, -0.15) is 0 Å². The second-order valence-electron chi connectivity index (χ2n) is 5.37. The van der Waals surface area contributed by atoms with Gasteiger partial charge in [-0.3, -0.25) is 9.59 Å². The van der Waals surface area contributed by atoms with Crippen LogP contribution in [0.3, 0.4) is 0 Å². The third-order valence-corrected chi connectivity index (χ3v) is 3.82. The predicted molar refractivity (Wildman–Crippen MR) is 78.1 cm³/mol. The van der Waals surface area contributed by atoms with E-state index in [9.17, 15) is 22.8 Å². The summed E-state index contributed by atoms with van der Waals surface area (Å²) in [7, 11) is 0. The molecule has 1 heterocycles. The zero-order valence-electron chi connectivity index (χ0n) is 12.2. The highest BCUT2D eigenvalue weighted by atomic mass is 19.2. The van der Waals surface area contributed by atoms with Crippen LogP contribution >= 0.6 is 0 Å². The number of carbonyl (C=O) groups is 2. The third kappa shape index (κ3) is 2.50. The minimum Gasteiger partial charge on any atom is -0.307 e. The summed E-state index contributed by atoms with van der Waals surface area (Å²) in [6.07, 6.45) is 0.0908. The number of anilines is 1. The van der Waals surface area contributed by atoms with Crippen molar-refractivity contribution in [1.82, 2.24) is 0 Å². The highest BCUT2D eigenvalue weighted by Crippen LogP contribution is 2.30. The fourth-order valence-electron chi connectivity index (χ4n) is 2.62. The monoisotopic (exact) mass is 319 g/mol. The molecule has 23 heavy (non-hydrogen) atoms. The van der Waals surface area contributed by atoms with Crippen LogP contribution in [0.25, 0.3) is 0 Å². The lowest BCUT2D eigenvalue weighted by Gasteiger charge is -2.29. The average molecular weight is 319 g/mol. The number of nitrogens with zero attached hydrogens (tertiary/aromatic N) is 1. The van der Waals surface area contributed by atoms with Crippen molar-refractivity contribution in [3.8, 4) is 0 Å². The molecule has 1 amide bonds. The summed E-state index contributed by atoms with van der Waals surface area (Å²) in [5, 5.41) is 0. The summed E-state index contributed by atoms with van der Waals surface area (Å²) in [5.74, 6) is -5.49. The number of amides is 1. The van der Waals surface area contributed by atoms with E-state index in [1.807, 2.05) is 6.92 Å². The molecule has 0 spiro atoms. The van der Waals surface area contributed by atoms with Gasteiger partial charge in [0.2, 0.25) is 0 Å². The third-order valence-electron chi connectivity index (χ3n) is 3.82. The van der Waals surface area contributed by atoms with Crippen LogP contribution in [0, 0.1) is 24.4 Å². The number of hydrogen-bond donors (Lipinski definition) is 0. The number of halogens is 3. The second-order valence-corrected chi connectivity index (χ2v) is 5.37. The van der Waals surface area contributed by atoms with E-state index in [0.717, 1.165) is 11.6 Å². The molecule has 1 aliphatic heterocycles. The first-order valence-corrected chi connectivity index (χ1v) is 6.99. The van der Waals surface area contributed by atoms with E-state index in [4.69, 9.17) is 0 Å². The Morgan fingerprint density at radius 1 is 1.09 bits per heavy atom. The molecule has 2 aromatic rings. The molecule has 0 bridgehead atoms. The summed E-state index contributed by atoms with van der Waals surface area (Å²) >= 11 is 0. The largest absolute Gasteiger partial charge is 0.307 e. The minimum absolute atomic E-state index is 0.0617. The van der Waals surface area contributed by atoms with Gasteiger partial charge >= 0.3 is 0 Å². The van der Waals surface area contributed by atoms with Gasteiger partial charge in [0, 0.05) is 18.5 Å². The summed E-state index contributed by atoms with van der Waals surface area (Å²) in [4.78, 5) is 25.7. The number of carbonyl (C=O) groups excluding carboxylic acids is 2. The number of hydrogen-bond acceptors (Lipinski definition) is 2. The Balaban J connectivity index is 2.07. The van der Waals surface area contributed by atoms with E-state index < -0.39 is 28.9 Å². The van der Waals surface area contributed by atoms with Crippen LogP contribution in [-0.4, -0.2) is 18.2 Å². The Labute approximate surface area is 130 Å². The van der Waals surface area contributed by atoms with Crippen LogP contribution < -0.4 is 4.90 Å². The standard InChI is InChI=1S/C17H12F3NO2/c1-9-2-5-13-11(8-9)14(22)6-7-21(13)17(23)10-3-4-12(18)16(20)15(10)19/h2-5,8H,6-7H2,1H3. The van der Waals surface area contributed by atoms with Gasteiger partial charge in [0.15, 0.2) is 23.2 Å². The lowest BCUT2D eigenvalue weighted by molar-refractivity contribution is 0.0952. The molecule has 2 aromatic carbocycles. The van der Waals surface area contributed by atoms with Gasteiger partial charge in [-0.15, -0.1) is 0 Å². The van der Waals surface area contributed by atoms with E-state index in [1.165, 1.54) is 4.90 Å². The first-order valence-electron chi connectivity index (χ1n) is 6.99. The predicted octanol–water partition coefficient (Wildman–Crippen LogP) is 3.65. The van der Waals surface area contributed by atoms with Crippen molar-refractivity contribution >= 4 is 17.4 Å². The quantitative estimate of drug-likeness (QED) is 0.753. The molecule has 0 aliphatic carbocycles. The van der Waals surface area contributed by atoms with Gasteiger partial charge in [0.25, 0.3) is 5.91 Å². The van der Waals surface area contributed by atoms with Crippen molar-refractivity contribution in [2.45, 2.75) is 13.3 Å². The molecule has 3 rings (SSSR count). The fraction of sp³-hybridized carbons (Fsp3) is 0.176. The molecule has 0 aromatic heterocycles. The number of ketones is 1. The molecule has 0 saturated heterocycles. The van der Waals surface area contributed by atoms with E-state index >= 15 is 0 Å². The first kappa shape index (κ1) is 15.3. The van der Waals surface area contributed by atoms with Gasteiger partial charge in [-0.25, -0.2) is 13.2 Å². The van der Waals surface area contributed by atoms with Crippen LogP contribution in [0.2, 0.25) is 0 Å². The number of aryl methyl sites for hydroxylation is 1. The van der Waals surface area contributed by atoms with Crippen molar-refractivity contribution in [2.75, 3.05) is 11.4 Å².